The molecule has 4 nitrogen and oxygen atoms in total. The normalized spacial score (nSPS) is 18.4. The highest BCUT2D eigenvalue weighted by molar-refractivity contribution is 5.67. The number of hydrogen-bond acceptors (Lipinski definition) is 3. The largest absolute Gasteiger partial charge is 0.496 e. The Morgan fingerprint density at radius 3 is 2.67 bits per heavy atom. The lowest BCUT2D eigenvalue weighted by atomic mass is 9.76. The first-order chi connectivity index (χ1) is 9.96. The van der Waals surface area contributed by atoms with Crippen LogP contribution in [0.15, 0.2) is 18.2 Å². The first kappa shape index (κ1) is 15.8. The van der Waals surface area contributed by atoms with Crippen LogP contribution in [0.5, 0.6) is 5.75 Å². The number of carbonyl (C=O) groups is 1. The lowest BCUT2D eigenvalue weighted by molar-refractivity contribution is -0.139. The lowest BCUT2D eigenvalue weighted by Gasteiger charge is -2.31. The Balaban J connectivity index is 2.21. The fourth-order valence-corrected chi connectivity index (χ4v) is 3.62. The second-order valence-corrected chi connectivity index (χ2v) is 6.33. The number of benzene rings is 1. The molecule has 2 rings (SSSR count). The molecule has 0 saturated heterocycles. The van der Waals surface area contributed by atoms with Gasteiger partial charge in [0.05, 0.1) is 13.5 Å². The molecule has 1 fully saturated rings. The molecule has 116 valence electrons. The van der Waals surface area contributed by atoms with Crippen molar-refractivity contribution in [2.75, 3.05) is 7.11 Å². The molecule has 0 heterocycles. The van der Waals surface area contributed by atoms with Gasteiger partial charge < -0.3 is 15.6 Å². The minimum Gasteiger partial charge on any atom is -0.496 e. The Labute approximate surface area is 126 Å². The molecule has 0 aliphatic heterocycles. The average molecular weight is 291 g/mol. The highest BCUT2D eigenvalue weighted by Gasteiger charge is 2.38. The molecular formula is C17H25NO3. The van der Waals surface area contributed by atoms with Crippen LogP contribution in [-0.2, 0) is 4.79 Å². The number of carboxylic acids is 1. The summed E-state index contributed by atoms with van der Waals surface area (Å²) in [5.74, 6) is 0.0666. The Morgan fingerprint density at radius 1 is 1.43 bits per heavy atom. The Kier molecular flexibility index (Phi) is 4.88. The van der Waals surface area contributed by atoms with Gasteiger partial charge in [0.15, 0.2) is 0 Å². The van der Waals surface area contributed by atoms with Crippen LogP contribution in [0, 0.1) is 12.3 Å². The molecule has 0 amide bonds. The number of ether oxygens (including phenoxy) is 1. The molecule has 21 heavy (non-hydrogen) atoms. The van der Waals surface area contributed by atoms with Gasteiger partial charge in [-0.05, 0) is 37.7 Å². The molecular weight excluding hydrogens is 266 g/mol. The predicted molar refractivity (Wildman–Crippen MR) is 82.4 cm³/mol. The third kappa shape index (κ3) is 3.76. The van der Waals surface area contributed by atoms with E-state index in [1.54, 1.807) is 7.11 Å². The zero-order chi connectivity index (χ0) is 15.5. The standard InChI is InChI=1S/C17H25NO3/c1-12-5-6-15(21-2)13(9-12)14(18)10-17(11-16(19)20)7-3-4-8-17/h5-6,9,14H,3-4,7-8,10-11,18H2,1-2H3,(H,19,20). The number of carboxylic acid groups (broad SMARTS) is 1. The zero-order valence-corrected chi connectivity index (χ0v) is 12.9. The van der Waals surface area contributed by atoms with Crippen LogP contribution >= 0.6 is 0 Å². The van der Waals surface area contributed by atoms with Crippen LogP contribution in [0.2, 0.25) is 0 Å². The number of aryl methyl sites for hydroxylation is 1. The first-order valence-corrected chi connectivity index (χ1v) is 7.58. The highest BCUT2D eigenvalue weighted by Crippen LogP contribution is 2.47. The van der Waals surface area contributed by atoms with Crippen molar-refractivity contribution in [3.05, 3.63) is 29.3 Å². The van der Waals surface area contributed by atoms with E-state index in [2.05, 4.69) is 0 Å². The maximum absolute atomic E-state index is 11.2. The van der Waals surface area contributed by atoms with Crippen molar-refractivity contribution in [3.8, 4) is 5.75 Å². The van der Waals surface area contributed by atoms with Crippen molar-refractivity contribution in [1.82, 2.24) is 0 Å². The molecule has 3 N–H and O–H groups in total. The van der Waals surface area contributed by atoms with Crippen molar-refractivity contribution >= 4 is 5.97 Å². The zero-order valence-electron chi connectivity index (χ0n) is 12.9. The minimum absolute atomic E-state index is 0.153. The van der Waals surface area contributed by atoms with Crippen molar-refractivity contribution in [2.24, 2.45) is 11.1 Å². The summed E-state index contributed by atoms with van der Waals surface area (Å²) in [6.07, 6.45) is 5.05. The second kappa shape index (κ2) is 6.48. The molecule has 0 spiro atoms. The summed E-state index contributed by atoms with van der Waals surface area (Å²) in [6, 6.07) is 5.80. The van der Waals surface area contributed by atoms with Crippen LogP contribution in [0.3, 0.4) is 0 Å². The third-order valence-electron chi connectivity index (χ3n) is 4.63. The number of methoxy groups -OCH3 is 1. The molecule has 1 atom stereocenters. The molecule has 1 saturated carbocycles. The van der Waals surface area contributed by atoms with Crippen LogP contribution in [-0.4, -0.2) is 18.2 Å². The summed E-state index contributed by atoms with van der Waals surface area (Å²) in [5, 5.41) is 9.20. The molecule has 4 heteroatoms. The molecule has 1 unspecified atom stereocenters. The number of aliphatic carboxylic acids is 1. The Morgan fingerprint density at radius 2 is 2.10 bits per heavy atom. The molecule has 0 radical (unpaired) electrons. The van der Waals surface area contributed by atoms with Gasteiger partial charge in [0.1, 0.15) is 5.75 Å². The van der Waals surface area contributed by atoms with Crippen LogP contribution in [0.25, 0.3) is 0 Å². The Hall–Kier alpha value is -1.55. The Bertz CT molecular complexity index is 507. The van der Waals surface area contributed by atoms with E-state index in [-0.39, 0.29) is 17.9 Å². The maximum atomic E-state index is 11.2. The second-order valence-electron chi connectivity index (χ2n) is 6.33. The van der Waals surface area contributed by atoms with Crippen LogP contribution in [0.4, 0.5) is 0 Å². The van der Waals surface area contributed by atoms with E-state index in [0.717, 1.165) is 42.6 Å². The lowest BCUT2D eigenvalue weighted by Crippen LogP contribution is -2.27. The molecule has 1 aliphatic carbocycles. The highest BCUT2D eigenvalue weighted by atomic mass is 16.5. The summed E-state index contributed by atoms with van der Waals surface area (Å²) in [6.45, 7) is 2.03. The van der Waals surface area contributed by atoms with Crippen LogP contribution in [0.1, 0.15) is 55.7 Å². The molecule has 0 aromatic heterocycles. The number of nitrogens with two attached hydrogens (primary N) is 1. The van der Waals surface area contributed by atoms with Gasteiger partial charge in [-0.3, -0.25) is 4.79 Å². The van der Waals surface area contributed by atoms with Crippen molar-refractivity contribution in [2.45, 2.75) is 51.5 Å². The third-order valence-corrected chi connectivity index (χ3v) is 4.63. The van der Waals surface area contributed by atoms with Gasteiger partial charge >= 0.3 is 5.97 Å². The van der Waals surface area contributed by atoms with Crippen LogP contribution < -0.4 is 10.5 Å². The van der Waals surface area contributed by atoms with Gasteiger partial charge in [-0.1, -0.05) is 30.5 Å². The number of hydrogen-bond donors (Lipinski definition) is 2. The SMILES string of the molecule is COc1ccc(C)cc1C(N)CC1(CC(=O)O)CCCC1. The van der Waals surface area contributed by atoms with Gasteiger partial charge in [0.2, 0.25) is 0 Å². The van der Waals surface area contributed by atoms with E-state index in [9.17, 15) is 9.90 Å². The van der Waals surface area contributed by atoms with E-state index in [1.165, 1.54) is 0 Å². The van der Waals surface area contributed by atoms with Gasteiger partial charge in [-0.15, -0.1) is 0 Å². The molecule has 1 aliphatic rings. The quantitative estimate of drug-likeness (QED) is 0.842. The summed E-state index contributed by atoms with van der Waals surface area (Å²) >= 11 is 0. The number of rotatable bonds is 6. The van der Waals surface area contributed by atoms with Gasteiger partial charge in [-0.25, -0.2) is 0 Å². The summed E-state index contributed by atoms with van der Waals surface area (Å²) in [5.41, 5.74) is 8.37. The van der Waals surface area contributed by atoms with E-state index in [4.69, 9.17) is 10.5 Å². The predicted octanol–water partition coefficient (Wildman–Crippen LogP) is 3.43. The summed E-state index contributed by atoms with van der Waals surface area (Å²) in [4.78, 5) is 11.2. The molecule has 1 aromatic carbocycles. The summed E-state index contributed by atoms with van der Waals surface area (Å²) < 4.78 is 5.40. The van der Waals surface area contributed by atoms with Gasteiger partial charge in [-0.2, -0.15) is 0 Å². The summed E-state index contributed by atoms with van der Waals surface area (Å²) in [7, 11) is 1.64. The first-order valence-electron chi connectivity index (χ1n) is 7.58. The maximum Gasteiger partial charge on any atom is 0.303 e. The fourth-order valence-electron chi connectivity index (χ4n) is 3.62. The minimum atomic E-state index is -0.722. The monoisotopic (exact) mass is 291 g/mol. The van der Waals surface area contributed by atoms with E-state index in [0.29, 0.717) is 6.42 Å². The van der Waals surface area contributed by atoms with E-state index >= 15 is 0 Å². The van der Waals surface area contributed by atoms with Crippen molar-refractivity contribution in [3.63, 3.8) is 0 Å². The smallest absolute Gasteiger partial charge is 0.303 e. The van der Waals surface area contributed by atoms with Crippen molar-refractivity contribution in [1.29, 1.82) is 0 Å². The van der Waals surface area contributed by atoms with Crippen molar-refractivity contribution < 1.29 is 14.6 Å². The van der Waals surface area contributed by atoms with Gasteiger partial charge in [0.25, 0.3) is 0 Å². The van der Waals surface area contributed by atoms with Gasteiger partial charge in [0, 0.05) is 11.6 Å². The van der Waals surface area contributed by atoms with E-state index in [1.807, 2.05) is 25.1 Å². The fraction of sp³-hybridized carbons (Fsp3) is 0.588. The molecule has 1 aromatic rings. The average Bonchev–Trinajstić information content (AvgIpc) is 2.85. The van der Waals surface area contributed by atoms with E-state index < -0.39 is 5.97 Å². The topological polar surface area (TPSA) is 72.5 Å². The molecule has 0 bridgehead atoms.